The maximum Gasteiger partial charge on any atom is 0.239 e. The number of carbonyl (C=O) groups excluding carboxylic acids is 1. The Kier molecular flexibility index (Phi) is 3.88. The molecule has 0 unspecified atom stereocenters. The molecule has 1 aromatic heterocycles. The average molecular weight is 312 g/mol. The zero-order valence-electron chi connectivity index (χ0n) is 8.81. The van der Waals surface area contributed by atoms with Gasteiger partial charge in [0.05, 0.1) is 12.2 Å². The molecule has 0 bridgehead atoms. The Morgan fingerprint density at radius 1 is 1.53 bits per heavy atom. The summed E-state index contributed by atoms with van der Waals surface area (Å²) in [5.41, 5.74) is 7.06. The van der Waals surface area contributed by atoms with E-state index in [-0.39, 0.29) is 12.5 Å². The van der Waals surface area contributed by atoms with E-state index >= 15 is 0 Å². The summed E-state index contributed by atoms with van der Waals surface area (Å²) in [4.78, 5) is 15.4. The average Bonchev–Trinajstić information content (AvgIpc) is 2.77. The fraction of sp³-hybridized carbons (Fsp3) is 0.0909. The minimum Gasteiger partial charge on any atom is -0.322 e. The van der Waals surface area contributed by atoms with Gasteiger partial charge >= 0.3 is 0 Å². The minimum absolute atomic E-state index is 0.0359. The quantitative estimate of drug-likeness (QED) is 0.915. The Labute approximate surface area is 111 Å². The summed E-state index contributed by atoms with van der Waals surface area (Å²) in [5.74, 6) is -0.236. The summed E-state index contributed by atoms with van der Waals surface area (Å²) in [6, 6.07) is 7.84. The van der Waals surface area contributed by atoms with Crippen LogP contribution in [0.3, 0.4) is 0 Å². The number of thiazole rings is 1. The molecule has 88 valence electrons. The number of halogens is 1. The maximum atomic E-state index is 11.1. The predicted octanol–water partition coefficient (Wildman–Crippen LogP) is 2.47. The molecule has 0 saturated carbocycles. The van der Waals surface area contributed by atoms with Crippen molar-refractivity contribution in [3.8, 4) is 11.3 Å². The van der Waals surface area contributed by atoms with E-state index in [2.05, 4.69) is 26.2 Å². The number of nitrogens with one attached hydrogen (secondary N) is 1. The Hall–Kier alpha value is -1.24. The van der Waals surface area contributed by atoms with Gasteiger partial charge in [0.1, 0.15) is 0 Å². The Morgan fingerprint density at radius 2 is 2.35 bits per heavy atom. The largest absolute Gasteiger partial charge is 0.322 e. The van der Waals surface area contributed by atoms with E-state index in [9.17, 15) is 4.79 Å². The van der Waals surface area contributed by atoms with Crippen molar-refractivity contribution in [2.45, 2.75) is 0 Å². The normalized spacial score (nSPS) is 10.2. The summed E-state index contributed by atoms with van der Waals surface area (Å²) in [6.07, 6.45) is 0. The second-order valence-corrected chi connectivity index (χ2v) is 5.07. The summed E-state index contributed by atoms with van der Waals surface area (Å²) in [6.45, 7) is -0.0359. The standard InChI is InChI=1S/C11H10BrN3OS/c12-8-3-1-2-7(4-8)9-6-17-11(14-9)15-10(16)5-13/h1-4,6H,5,13H2,(H,14,15,16). The van der Waals surface area contributed by atoms with Gasteiger partial charge in [-0.2, -0.15) is 0 Å². The van der Waals surface area contributed by atoms with Crippen LogP contribution < -0.4 is 11.1 Å². The van der Waals surface area contributed by atoms with Crippen molar-refractivity contribution in [1.29, 1.82) is 0 Å². The number of rotatable bonds is 3. The van der Waals surface area contributed by atoms with Crippen LogP contribution in [0.5, 0.6) is 0 Å². The van der Waals surface area contributed by atoms with Crippen molar-refractivity contribution in [1.82, 2.24) is 4.98 Å². The molecule has 0 fully saturated rings. The zero-order chi connectivity index (χ0) is 12.3. The summed E-state index contributed by atoms with van der Waals surface area (Å²) < 4.78 is 0.996. The van der Waals surface area contributed by atoms with Gasteiger partial charge in [-0.15, -0.1) is 11.3 Å². The molecule has 0 atom stereocenters. The number of amides is 1. The number of hydrogen-bond donors (Lipinski definition) is 2. The topological polar surface area (TPSA) is 68.0 Å². The lowest BCUT2D eigenvalue weighted by Gasteiger charge is -1.98. The van der Waals surface area contributed by atoms with Crippen LogP contribution in [0.15, 0.2) is 34.1 Å². The van der Waals surface area contributed by atoms with Gasteiger partial charge in [0.25, 0.3) is 0 Å². The molecule has 0 radical (unpaired) electrons. The fourth-order valence-corrected chi connectivity index (χ4v) is 2.42. The van der Waals surface area contributed by atoms with Crippen LogP contribution in [-0.4, -0.2) is 17.4 Å². The van der Waals surface area contributed by atoms with Crippen LogP contribution in [0.4, 0.5) is 5.13 Å². The Balaban J connectivity index is 2.21. The van der Waals surface area contributed by atoms with Gasteiger partial charge in [-0.3, -0.25) is 4.79 Å². The van der Waals surface area contributed by atoms with Crippen LogP contribution in [0.25, 0.3) is 11.3 Å². The van der Waals surface area contributed by atoms with Crippen LogP contribution in [-0.2, 0) is 4.79 Å². The van der Waals surface area contributed by atoms with Crippen LogP contribution in [0.2, 0.25) is 0 Å². The SMILES string of the molecule is NCC(=O)Nc1nc(-c2cccc(Br)c2)cs1. The third-order valence-corrected chi connectivity index (χ3v) is 3.31. The van der Waals surface area contributed by atoms with E-state index < -0.39 is 0 Å². The van der Waals surface area contributed by atoms with E-state index in [0.29, 0.717) is 5.13 Å². The molecule has 1 heterocycles. The monoisotopic (exact) mass is 311 g/mol. The summed E-state index contributed by atoms with van der Waals surface area (Å²) >= 11 is 4.79. The van der Waals surface area contributed by atoms with E-state index in [1.54, 1.807) is 0 Å². The first kappa shape index (κ1) is 12.2. The molecule has 0 saturated heterocycles. The zero-order valence-corrected chi connectivity index (χ0v) is 11.2. The maximum absolute atomic E-state index is 11.1. The van der Waals surface area contributed by atoms with Gasteiger partial charge in [-0.25, -0.2) is 4.98 Å². The highest BCUT2D eigenvalue weighted by Crippen LogP contribution is 2.26. The van der Waals surface area contributed by atoms with Crippen LogP contribution in [0, 0.1) is 0 Å². The highest BCUT2D eigenvalue weighted by Gasteiger charge is 2.06. The molecule has 0 spiro atoms. The van der Waals surface area contributed by atoms with Gasteiger partial charge in [0.2, 0.25) is 5.91 Å². The number of nitrogens with zero attached hydrogens (tertiary/aromatic N) is 1. The molecular formula is C11H10BrN3OS. The van der Waals surface area contributed by atoms with E-state index in [1.807, 2.05) is 29.6 Å². The first-order chi connectivity index (χ1) is 8.19. The smallest absolute Gasteiger partial charge is 0.239 e. The van der Waals surface area contributed by atoms with Gasteiger partial charge in [-0.05, 0) is 12.1 Å². The molecule has 6 heteroatoms. The first-order valence-corrected chi connectivity index (χ1v) is 6.57. The Bertz CT molecular complexity index is 541. The molecular weight excluding hydrogens is 302 g/mol. The first-order valence-electron chi connectivity index (χ1n) is 4.90. The highest BCUT2D eigenvalue weighted by molar-refractivity contribution is 9.10. The molecule has 1 amide bonds. The molecule has 0 aliphatic carbocycles. The van der Waals surface area contributed by atoms with Gasteiger partial charge in [0, 0.05) is 15.4 Å². The van der Waals surface area contributed by atoms with Crippen molar-refractivity contribution >= 4 is 38.3 Å². The summed E-state index contributed by atoms with van der Waals surface area (Å²) in [5, 5.41) is 5.09. The minimum atomic E-state index is -0.236. The number of carbonyl (C=O) groups is 1. The third-order valence-electron chi connectivity index (χ3n) is 2.06. The Morgan fingerprint density at radius 3 is 3.06 bits per heavy atom. The van der Waals surface area contributed by atoms with Crippen molar-refractivity contribution < 1.29 is 4.79 Å². The van der Waals surface area contributed by atoms with E-state index in [1.165, 1.54) is 11.3 Å². The highest BCUT2D eigenvalue weighted by atomic mass is 79.9. The van der Waals surface area contributed by atoms with E-state index in [0.717, 1.165) is 15.7 Å². The number of aromatic nitrogens is 1. The molecule has 2 aromatic rings. The number of nitrogens with two attached hydrogens (primary N) is 1. The lowest BCUT2D eigenvalue weighted by atomic mass is 10.2. The summed E-state index contributed by atoms with van der Waals surface area (Å²) in [7, 11) is 0. The fourth-order valence-electron chi connectivity index (χ4n) is 1.28. The molecule has 2 rings (SSSR count). The molecule has 4 nitrogen and oxygen atoms in total. The number of anilines is 1. The second kappa shape index (κ2) is 5.39. The molecule has 0 aliphatic heterocycles. The molecule has 1 aromatic carbocycles. The lowest BCUT2D eigenvalue weighted by Crippen LogP contribution is -2.21. The third kappa shape index (κ3) is 3.12. The number of benzene rings is 1. The van der Waals surface area contributed by atoms with Crippen molar-refractivity contribution in [2.24, 2.45) is 5.73 Å². The van der Waals surface area contributed by atoms with Crippen molar-refractivity contribution in [2.75, 3.05) is 11.9 Å². The van der Waals surface area contributed by atoms with Crippen molar-refractivity contribution in [3.05, 3.63) is 34.1 Å². The number of hydrogen-bond acceptors (Lipinski definition) is 4. The molecule has 3 N–H and O–H groups in total. The van der Waals surface area contributed by atoms with E-state index in [4.69, 9.17) is 5.73 Å². The van der Waals surface area contributed by atoms with Gasteiger partial charge in [0.15, 0.2) is 5.13 Å². The molecule has 17 heavy (non-hydrogen) atoms. The van der Waals surface area contributed by atoms with Gasteiger partial charge in [-0.1, -0.05) is 28.1 Å². The lowest BCUT2D eigenvalue weighted by molar-refractivity contribution is -0.114. The second-order valence-electron chi connectivity index (χ2n) is 3.30. The van der Waals surface area contributed by atoms with Crippen LogP contribution >= 0.6 is 27.3 Å². The predicted molar refractivity (Wildman–Crippen MR) is 72.9 cm³/mol. The molecule has 0 aliphatic rings. The van der Waals surface area contributed by atoms with Crippen molar-refractivity contribution in [3.63, 3.8) is 0 Å². The van der Waals surface area contributed by atoms with Crippen LogP contribution in [0.1, 0.15) is 0 Å². The van der Waals surface area contributed by atoms with Gasteiger partial charge < -0.3 is 11.1 Å².